The van der Waals surface area contributed by atoms with Crippen LogP contribution in [-0.4, -0.2) is 31.1 Å². The molecule has 9 heteroatoms. The Balaban J connectivity index is 1.94. The summed E-state index contributed by atoms with van der Waals surface area (Å²) >= 11 is 4.41. The molecule has 0 saturated heterocycles. The number of aryl methyl sites for hydroxylation is 1. The third-order valence-corrected chi connectivity index (χ3v) is 4.99. The zero-order valence-corrected chi connectivity index (χ0v) is 17.4. The second kappa shape index (κ2) is 9.52. The average Bonchev–Trinajstić information content (AvgIpc) is 3.14. The fourth-order valence-corrected chi connectivity index (χ4v) is 3.46. The normalized spacial score (nSPS) is 10.8. The number of hydrogen-bond donors (Lipinski definition) is 1. The summed E-state index contributed by atoms with van der Waals surface area (Å²) in [5, 5.41) is 2.97. The minimum Gasteiger partial charge on any atom is -0.462 e. The molecule has 0 atom stereocenters. The van der Waals surface area contributed by atoms with Crippen molar-refractivity contribution < 1.29 is 28.3 Å². The van der Waals surface area contributed by atoms with Crippen LogP contribution >= 0.6 is 27.3 Å². The Kier molecular flexibility index (Phi) is 7.37. The highest BCUT2D eigenvalue weighted by Crippen LogP contribution is 2.33. The van der Waals surface area contributed by atoms with Gasteiger partial charge in [0.1, 0.15) is 10.8 Å². The Hall–Kier alpha value is -2.39. The molecular formula is C18H18BrNO6S. The van der Waals surface area contributed by atoms with Crippen LogP contribution in [0.4, 0.5) is 5.00 Å². The third kappa shape index (κ3) is 5.80. The van der Waals surface area contributed by atoms with E-state index in [0.717, 1.165) is 16.5 Å². The van der Waals surface area contributed by atoms with Gasteiger partial charge in [-0.2, -0.15) is 0 Å². The lowest BCUT2D eigenvalue weighted by Crippen LogP contribution is -2.21. The number of thiophene rings is 1. The summed E-state index contributed by atoms with van der Waals surface area (Å²) in [7, 11) is 0. The van der Waals surface area contributed by atoms with Crippen molar-refractivity contribution in [2.75, 3.05) is 18.5 Å². The van der Waals surface area contributed by atoms with Crippen LogP contribution in [0.5, 0.6) is 0 Å². The van der Waals surface area contributed by atoms with Gasteiger partial charge >= 0.3 is 11.9 Å². The maximum absolute atomic E-state index is 12.1. The highest BCUT2D eigenvalue weighted by Gasteiger charge is 2.22. The molecular weight excluding hydrogens is 438 g/mol. The predicted molar refractivity (Wildman–Crippen MR) is 105 cm³/mol. The standard InChI is InChI=1S/C18H18BrNO6S/c1-4-24-18(23)16-10(2)11(3)27-17(16)20-14(21)9-25-15(22)8-6-12-5-7-13(19)26-12/h5-8H,4,9H2,1-3H3,(H,20,21)/b8-6+. The highest BCUT2D eigenvalue weighted by molar-refractivity contribution is 9.10. The molecule has 0 spiro atoms. The van der Waals surface area contributed by atoms with Crippen LogP contribution < -0.4 is 5.32 Å². The number of hydrogen-bond acceptors (Lipinski definition) is 7. The molecule has 2 aromatic heterocycles. The Bertz CT molecular complexity index is 883. The first-order valence-electron chi connectivity index (χ1n) is 7.99. The van der Waals surface area contributed by atoms with Gasteiger partial charge in [0.05, 0.1) is 12.2 Å². The number of rotatable bonds is 7. The number of esters is 2. The highest BCUT2D eigenvalue weighted by atomic mass is 79.9. The maximum Gasteiger partial charge on any atom is 0.341 e. The van der Waals surface area contributed by atoms with Crippen molar-refractivity contribution in [3.63, 3.8) is 0 Å². The van der Waals surface area contributed by atoms with Gasteiger partial charge in [-0.3, -0.25) is 4.79 Å². The van der Waals surface area contributed by atoms with Gasteiger partial charge in [0, 0.05) is 11.0 Å². The summed E-state index contributed by atoms with van der Waals surface area (Å²) in [5.41, 5.74) is 1.07. The maximum atomic E-state index is 12.1. The minimum atomic E-state index is -0.693. The second-order valence-electron chi connectivity index (χ2n) is 5.34. The van der Waals surface area contributed by atoms with E-state index in [9.17, 15) is 14.4 Å². The summed E-state index contributed by atoms with van der Waals surface area (Å²) in [6, 6.07) is 3.35. The number of halogens is 1. The lowest BCUT2D eigenvalue weighted by Gasteiger charge is -2.07. The molecule has 0 bridgehead atoms. The van der Waals surface area contributed by atoms with Crippen LogP contribution in [0.3, 0.4) is 0 Å². The molecule has 2 heterocycles. The number of ether oxygens (including phenoxy) is 2. The molecule has 144 valence electrons. The number of carbonyl (C=O) groups is 3. The average molecular weight is 456 g/mol. The van der Waals surface area contributed by atoms with Gasteiger partial charge in [0.2, 0.25) is 0 Å². The van der Waals surface area contributed by atoms with Crippen molar-refractivity contribution in [2.45, 2.75) is 20.8 Å². The molecule has 0 unspecified atom stereocenters. The van der Waals surface area contributed by atoms with Crippen LogP contribution in [0.25, 0.3) is 6.08 Å². The van der Waals surface area contributed by atoms with Crippen LogP contribution in [0.1, 0.15) is 33.5 Å². The number of amides is 1. The van der Waals surface area contributed by atoms with E-state index in [1.54, 1.807) is 26.0 Å². The van der Waals surface area contributed by atoms with E-state index in [1.807, 2.05) is 6.92 Å². The van der Waals surface area contributed by atoms with Crippen molar-refractivity contribution in [3.05, 3.63) is 44.6 Å². The molecule has 1 N–H and O–H groups in total. The fourth-order valence-electron chi connectivity index (χ4n) is 2.08. The first-order chi connectivity index (χ1) is 12.8. The molecule has 0 saturated carbocycles. The van der Waals surface area contributed by atoms with Gasteiger partial charge in [0.25, 0.3) is 5.91 Å². The minimum absolute atomic E-state index is 0.233. The summed E-state index contributed by atoms with van der Waals surface area (Å²) in [6.07, 6.45) is 2.58. The van der Waals surface area contributed by atoms with Gasteiger partial charge in [-0.15, -0.1) is 11.3 Å². The van der Waals surface area contributed by atoms with Crippen molar-refractivity contribution in [2.24, 2.45) is 0 Å². The topological polar surface area (TPSA) is 94.8 Å². The molecule has 0 fully saturated rings. The smallest absolute Gasteiger partial charge is 0.341 e. The third-order valence-electron chi connectivity index (χ3n) is 3.44. The first-order valence-corrected chi connectivity index (χ1v) is 9.59. The monoisotopic (exact) mass is 455 g/mol. The molecule has 2 rings (SSSR count). The van der Waals surface area contributed by atoms with Crippen LogP contribution in [-0.2, 0) is 19.1 Å². The van der Waals surface area contributed by atoms with Crippen molar-refractivity contribution in [1.29, 1.82) is 0 Å². The summed E-state index contributed by atoms with van der Waals surface area (Å²) < 4.78 is 15.7. The molecule has 1 amide bonds. The zero-order valence-electron chi connectivity index (χ0n) is 15.0. The molecule has 0 aliphatic carbocycles. The van der Waals surface area contributed by atoms with E-state index < -0.39 is 24.5 Å². The van der Waals surface area contributed by atoms with Gasteiger partial charge in [-0.05, 0) is 60.5 Å². The van der Waals surface area contributed by atoms with E-state index in [2.05, 4.69) is 21.2 Å². The van der Waals surface area contributed by atoms with Crippen molar-refractivity contribution in [1.82, 2.24) is 0 Å². The largest absolute Gasteiger partial charge is 0.462 e. The van der Waals surface area contributed by atoms with Gasteiger partial charge < -0.3 is 19.2 Å². The number of nitrogens with one attached hydrogen (secondary N) is 1. The van der Waals surface area contributed by atoms with E-state index in [1.165, 1.54) is 17.4 Å². The second-order valence-corrected chi connectivity index (χ2v) is 7.35. The molecule has 27 heavy (non-hydrogen) atoms. The van der Waals surface area contributed by atoms with E-state index in [4.69, 9.17) is 13.9 Å². The van der Waals surface area contributed by atoms with Gasteiger partial charge in [0.15, 0.2) is 11.3 Å². The summed E-state index contributed by atoms with van der Waals surface area (Å²) in [6.45, 7) is 5.08. The first kappa shape index (κ1) is 20.9. The van der Waals surface area contributed by atoms with E-state index in [0.29, 0.717) is 21.0 Å². The van der Waals surface area contributed by atoms with Crippen molar-refractivity contribution >= 4 is 56.2 Å². The Labute approximate surface area is 168 Å². The van der Waals surface area contributed by atoms with Crippen LogP contribution in [0.2, 0.25) is 0 Å². The van der Waals surface area contributed by atoms with Crippen LogP contribution in [0.15, 0.2) is 27.3 Å². The van der Waals surface area contributed by atoms with Gasteiger partial charge in [-0.1, -0.05) is 0 Å². The zero-order chi connectivity index (χ0) is 20.0. The molecule has 0 radical (unpaired) electrons. The Morgan fingerprint density at radius 1 is 1.26 bits per heavy atom. The Morgan fingerprint density at radius 3 is 2.63 bits per heavy atom. The van der Waals surface area contributed by atoms with Crippen molar-refractivity contribution in [3.8, 4) is 0 Å². The molecule has 0 aliphatic rings. The summed E-state index contributed by atoms with van der Waals surface area (Å²) in [5.74, 6) is -1.28. The van der Waals surface area contributed by atoms with Gasteiger partial charge in [-0.25, -0.2) is 9.59 Å². The molecule has 2 aromatic rings. The number of anilines is 1. The molecule has 0 aromatic carbocycles. The predicted octanol–water partition coefficient (Wildman–Crippen LogP) is 4.09. The van der Waals surface area contributed by atoms with E-state index in [-0.39, 0.29) is 6.61 Å². The summed E-state index contributed by atoms with van der Waals surface area (Å²) in [4.78, 5) is 36.7. The quantitative estimate of drug-likeness (QED) is 0.498. The molecule has 7 nitrogen and oxygen atoms in total. The lowest BCUT2D eigenvalue weighted by molar-refractivity contribution is -0.142. The SMILES string of the molecule is CCOC(=O)c1c(NC(=O)COC(=O)/C=C/c2ccc(Br)o2)sc(C)c1C. The lowest BCUT2D eigenvalue weighted by atomic mass is 10.1. The fraction of sp³-hybridized carbons (Fsp3) is 0.278. The Morgan fingerprint density at radius 2 is 2.00 bits per heavy atom. The molecule has 0 aliphatic heterocycles. The van der Waals surface area contributed by atoms with E-state index >= 15 is 0 Å². The number of furan rings is 1. The van der Waals surface area contributed by atoms with Crippen LogP contribution in [0, 0.1) is 13.8 Å². The number of carbonyl (C=O) groups excluding carboxylic acids is 3.